The van der Waals surface area contributed by atoms with Gasteiger partial charge in [0.2, 0.25) is 0 Å². The van der Waals surface area contributed by atoms with Crippen LogP contribution in [0.15, 0.2) is 47.0 Å². The van der Waals surface area contributed by atoms with E-state index in [9.17, 15) is 4.79 Å². The number of fused-ring (bicyclic) bond motifs is 1. The molecule has 94 valence electrons. The number of nitrogens with zero attached hydrogens (tertiary/aromatic N) is 1. The average molecular weight is 253 g/mol. The summed E-state index contributed by atoms with van der Waals surface area (Å²) in [4.78, 5) is 15.2. The van der Waals surface area contributed by atoms with Crippen molar-refractivity contribution in [3.05, 3.63) is 48.4 Å². The maximum atomic E-state index is 10.8. The largest absolute Gasteiger partial charge is 0.497 e. The Bertz CT molecular complexity index is 746. The highest BCUT2D eigenvalue weighted by Crippen LogP contribution is 2.30. The molecule has 19 heavy (non-hydrogen) atoms. The molecule has 0 bridgehead atoms. The number of carbonyl (C=O) groups excluding carboxylic acids is 1. The molecule has 0 fully saturated rings. The van der Waals surface area contributed by atoms with Crippen LogP contribution in [0.25, 0.3) is 22.2 Å². The topological polar surface area (TPSA) is 52.3 Å². The summed E-state index contributed by atoms with van der Waals surface area (Å²) in [6, 6.07) is 11.1. The van der Waals surface area contributed by atoms with Crippen LogP contribution >= 0.6 is 0 Å². The van der Waals surface area contributed by atoms with Gasteiger partial charge in [0.1, 0.15) is 11.3 Å². The summed E-state index contributed by atoms with van der Waals surface area (Å²) in [5, 5.41) is 0.817. The fraction of sp³-hybridized carbons (Fsp3) is 0.0667. The van der Waals surface area contributed by atoms with Gasteiger partial charge in [-0.1, -0.05) is 12.1 Å². The number of rotatable bonds is 3. The van der Waals surface area contributed by atoms with Crippen molar-refractivity contribution in [3.63, 3.8) is 0 Å². The molecule has 0 aliphatic carbocycles. The molecule has 2 aromatic heterocycles. The number of hydrogen-bond donors (Lipinski definition) is 0. The zero-order valence-electron chi connectivity index (χ0n) is 10.3. The third-order valence-corrected chi connectivity index (χ3v) is 2.92. The predicted molar refractivity (Wildman–Crippen MR) is 71.4 cm³/mol. The van der Waals surface area contributed by atoms with Crippen molar-refractivity contribution in [2.24, 2.45) is 0 Å². The summed E-state index contributed by atoms with van der Waals surface area (Å²) in [5.41, 5.74) is 2.34. The van der Waals surface area contributed by atoms with Gasteiger partial charge in [0, 0.05) is 17.1 Å². The summed E-state index contributed by atoms with van der Waals surface area (Å²) >= 11 is 0. The number of aromatic nitrogens is 1. The maximum absolute atomic E-state index is 10.8. The second-order valence-electron chi connectivity index (χ2n) is 4.07. The molecule has 0 unspecified atom stereocenters. The third kappa shape index (κ3) is 1.97. The van der Waals surface area contributed by atoms with E-state index in [1.54, 1.807) is 25.4 Å². The zero-order chi connectivity index (χ0) is 13.2. The van der Waals surface area contributed by atoms with Gasteiger partial charge in [-0.3, -0.25) is 9.78 Å². The zero-order valence-corrected chi connectivity index (χ0v) is 10.3. The lowest BCUT2D eigenvalue weighted by molar-refractivity contribution is 0.110. The molecule has 1 aromatic carbocycles. The first-order valence-electron chi connectivity index (χ1n) is 5.80. The first-order chi connectivity index (χ1) is 9.31. The van der Waals surface area contributed by atoms with E-state index in [2.05, 4.69) is 4.98 Å². The number of carbonyl (C=O) groups is 1. The fourth-order valence-electron chi connectivity index (χ4n) is 2.04. The highest BCUT2D eigenvalue weighted by Gasteiger charge is 2.10. The van der Waals surface area contributed by atoms with Gasteiger partial charge in [-0.15, -0.1) is 0 Å². The maximum Gasteiger partial charge on any atom is 0.185 e. The Labute approximate surface area is 109 Å². The van der Waals surface area contributed by atoms with Gasteiger partial charge in [-0.25, -0.2) is 0 Å². The van der Waals surface area contributed by atoms with Crippen LogP contribution in [0.3, 0.4) is 0 Å². The number of aldehydes is 1. The Morgan fingerprint density at radius 2 is 2.16 bits per heavy atom. The number of pyridine rings is 1. The molecule has 0 amide bonds. The monoisotopic (exact) mass is 253 g/mol. The summed E-state index contributed by atoms with van der Waals surface area (Å²) in [5.74, 6) is 1.06. The van der Waals surface area contributed by atoms with Crippen molar-refractivity contribution in [2.45, 2.75) is 0 Å². The van der Waals surface area contributed by atoms with Crippen LogP contribution in [0.2, 0.25) is 0 Å². The van der Waals surface area contributed by atoms with Crippen LogP contribution in [0.5, 0.6) is 5.75 Å². The molecule has 0 aliphatic rings. The van der Waals surface area contributed by atoms with Gasteiger partial charge in [-0.05, 0) is 24.3 Å². The Morgan fingerprint density at radius 1 is 1.26 bits per heavy atom. The molecule has 0 saturated heterocycles. The van der Waals surface area contributed by atoms with E-state index >= 15 is 0 Å². The summed E-state index contributed by atoms with van der Waals surface area (Å²) in [6.45, 7) is 0. The van der Waals surface area contributed by atoms with E-state index in [4.69, 9.17) is 9.15 Å². The molecule has 0 saturated carbocycles. The highest BCUT2D eigenvalue weighted by atomic mass is 16.5. The quantitative estimate of drug-likeness (QED) is 0.672. The van der Waals surface area contributed by atoms with Crippen molar-refractivity contribution in [3.8, 4) is 17.0 Å². The molecule has 0 spiro atoms. The molecule has 3 aromatic rings. The van der Waals surface area contributed by atoms with Gasteiger partial charge in [0.25, 0.3) is 0 Å². The minimum Gasteiger partial charge on any atom is -0.497 e. The van der Waals surface area contributed by atoms with Crippen molar-refractivity contribution in [2.75, 3.05) is 7.11 Å². The molecule has 3 rings (SSSR count). The highest BCUT2D eigenvalue weighted by molar-refractivity contribution is 5.94. The SMILES string of the molecule is COc1cccc(-c2nccc3oc(C=O)cc23)c1. The molecule has 0 radical (unpaired) electrons. The van der Waals surface area contributed by atoms with E-state index in [0.29, 0.717) is 17.6 Å². The molecule has 0 atom stereocenters. The van der Waals surface area contributed by atoms with Crippen molar-refractivity contribution in [1.29, 1.82) is 0 Å². The number of hydrogen-bond acceptors (Lipinski definition) is 4. The lowest BCUT2D eigenvalue weighted by Gasteiger charge is -2.04. The van der Waals surface area contributed by atoms with Gasteiger partial charge in [-0.2, -0.15) is 0 Å². The van der Waals surface area contributed by atoms with Crippen LogP contribution in [-0.4, -0.2) is 18.4 Å². The van der Waals surface area contributed by atoms with Crippen LogP contribution in [0.1, 0.15) is 10.6 Å². The predicted octanol–water partition coefficient (Wildman–Crippen LogP) is 3.32. The smallest absolute Gasteiger partial charge is 0.185 e. The van der Waals surface area contributed by atoms with E-state index in [0.717, 1.165) is 22.4 Å². The Kier molecular flexibility index (Phi) is 2.76. The van der Waals surface area contributed by atoms with E-state index in [-0.39, 0.29) is 0 Å². The van der Waals surface area contributed by atoms with Gasteiger partial charge in [0.15, 0.2) is 12.0 Å². The number of furan rings is 1. The lowest BCUT2D eigenvalue weighted by Crippen LogP contribution is -1.86. The molecule has 0 N–H and O–H groups in total. The van der Waals surface area contributed by atoms with Crippen LogP contribution < -0.4 is 4.74 Å². The second kappa shape index (κ2) is 4.57. The average Bonchev–Trinajstić information content (AvgIpc) is 2.90. The minimum atomic E-state index is 0.298. The molecule has 4 nitrogen and oxygen atoms in total. The lowest BCUT2D eigenvalue weighted by atomic mass is 10.1. The van der Waals surface area contributed by atoms with Gasteiger partial charge >= 0.3 is 0 Å². The molecule has 4 heteroatoms. The first-order valence-corrected chi connectivity index (χ1v) is 5.80. The van der Waals surface area contributed by atoms with E-state index in [1.165, 1.54) is 0 Å². The normalized spacial score (nSPS) is 10.6. The van der Waals surface area contributed by atoms with Crippen molar-refractivity contribution >= 4 is 17.3 Å². The fourth-order valence-corrected chi connectivity index (χ4v) is 2.04. The van der Waals surface area contributed by atoms with Gasteiger partial charge < -0.3 is 9.15 Å². The van der Waals surface area contributed by atoms with Gasteiger partial charge in [0.05, 0.1) is 12.8 Å². The summed E-state index contributed by atoms with van der Waals surface area (Å²) in [6.07, 6.45) is 2.35. The second-order valence-corrected chi connectivity index (χ2v) is 4.07. The van der Waals surface area contributed by atoms with E-state index < -0.39 is 0 Å². The van der Waals surface area contributed by atoms with Crippen LogP contribution in [0.4, 0.5) is 0 Å². The molecule has 0 aliphatic heterocycles. The molecular weight excluding hydrogens is 242 g/mol. The van der Waals surface area contributed by atoms with Crippen LogP contribution in [-0.2, 0) is 0 Å². The first kappa shape index (κ1) is 11.5. The third-order valence-electron chi connectivity index (χ3n) is 2.92. The standard InChI is InChI=1S/C15H11NO3/c1-18-11-4-2-3-10(7-11)15-13-8-12(9-17)19-14(13)5-6-16-15/h2-9H,1H3. The van der Waals surface area contributed by atoms with E-state index in [1.807, 2.05) is 24.3 Å². The Morgan fingerprint density at radius 3 is 2.95 bits per heavy atom. The van der Waals surface area contributed by atoms with Crippen molar-refractivity contribution in [1.82, 2.24) is 4.98 Å². The van der Waals surface area contributed by atoms with Crippen LogP contribution in [0, 0.1) is 0 Å². The number of benzene rings is 1. The number of ether oxygens (including phenoxy) is 1. The van der Waals surface area contributed by atoms with Crippen molar-refractivity contribution < 1.29 is 13.9 Å². The number of methoxy groups -OCH3 is 1. The molecular formula is C15H11NO3. The molecule has 2 heterocycles. The summed E-state index contributed by atoms with van der Waals surface area (Å²) < 4.78 is 10.6. The Balaban J connectivity index is 2.23. The minimum absolute atomic E-state index is 0.298. The summed E-state index contributed by atoms with van der Waals surface area (Å²) in [7, 11) is 1.62. The Hall–Kier alpha value is -2.62.